The van der Waals surface area contributed by atoms with Gasteiger partial charge in [-0.15, -0.1) is 0 Å². The molecule has 1 unspecified atom stereocenters. The average molecular weight is 436 g/mol. The van der Waals surface area contributed by atoms with Gasteiger partial charge in [0.1, 0.15) is 17.3 Å². The number of aliphatic hydroxyl groups excluding tert-OH is 1. The van der Waals surface area contributed by atoms with E-state index in [0.29, 0.717) is 31.1 Å². The molecular weight excluding hydrogens is 406 g/mol. The smallest absolute Gasteiger partial charge is 0.295 e. The molecule has 32 heavy (non-hydrogen) atoms. The summed E-state index contributed by atoms with van der Waals surface area (Å²) < 4.78 is 11.3. The molecule has 6 nitrogen and oxygen atoms in total. The van der Waals surface area contributed by atoms with Gasteiger partial charge in [0, 0.05) is 18.5 Å². The fourth-order valence-electron chi connectivity index (χ4n) is 4.27. The van der Waals surface area contributed by atoms with E-state index in [1.807, 2.05) is 44.2 Å². The number of rotatable bonds is 8. The molecule has 0 aromatic heterocycles. The molecule has 2 aliphatic rings. The number of nitrogens with zero attached hydrogens (tertiary/aromatic N) is 1. The Hall–Kier alpha value is -3.28. The number of hydrogen-bond acceptors (Lipinski definition) is 5. The number of carbonyl (C=O) groups excluding carboxylic acids is 2. The van der Waals surface area contributed by atoms with Crippen LogP contribution in [0.1, 0.15) is 55.8 Å². The summed E-state index contributed by atoms with van der Waals surface area (Å²) in [5.41, 5.74) is 2.38. The largest absolute Gasteiger partial charge is 0.507 e. The molecule has 2 heterocycles. The highest BCUT2D eigenvalue weighted by Gasteiger charge is 2.45. The van der Waals surface area contributed by atoms with Crippen molar-refractivity contribution in [1.29, 1.82) is 0 Å². The van der Waals surface area contributed by atoms with Gasteiger partial charge in [-0.2, -0.15) is 0 Å². The van der Waals surface area contributed by atoms with Crippen molar-refractivity contribution in [2.75, 3.05) is 19.8 Å². The van der Waals surface area contributed by atoms with Crippen molar-refractivity contribution in [3.05, 3.63) is 64.7 Å². The van der Waals surface area contributed by atoms with Crippen LogP contribution in [0.4, 0.5) is 0 Å². The number of Topliss-reactive ketones (excluding diaryl/α,β-unsaturated/α-hetero) is 1. The minimum atomic E-state index is -0.656. The summed E-state index contributed by atoms with van der Waals surface area (Å²) in [7, 11) is 0. The minimum Gasteiger partial charge on any atom is -0.507 e. The van der Waals surface area contributed by atoms with Crippen LogP contribution in [0, 0.1) is 0 Å². The Morgan fingerprint density at radius 2 is 2.00 bits per heavy atom. The van der Waals surface area contributed by atoms with Crippen molar-refractivity contribution in [3.8, 4) is 11.5 Å². The summed E-state index contributed by atoms with van der Waals surface area (Å²) in [6.07, 6.45) is 3.29. The molecule has 0 saturated carbocycles. The summed E-state index contributed by atoms with van der Waals surface area (Å²) >= 11 is 0. The summed E-state index contributed by atoms with van der Waals surface area (Å²) in [5, 5.41) is 11.2. The Bertz CT molecular complexity index is 1060. The zero-order valence-electron chi connectivity index (χ0n) is 18.6. The van der Waals surface area contributed by atoms with E-state index in [-0.39, 0.29) is 11.3 Å². The van der Waals surface area contributed by atoms with Crippen LogP contribution in [-0.4, -0.2) is 41.5 Å². The van der Waals surface area contributed by atoms with E-state index in [1.165, 1.54) is 0 Å². The fourth-order valence-corrected chi connectivity index (χ4v) is 4.27. The molecular formula is C26H29NO5. The van der Waals surface area contributed by atoms with Crippen molar-refractivity contribution in [2.45, 2.75) is 45.6 Å². The number of amides is 1. The third kappa shape index (κ3) is 4.09. The highest BCUT2D eigenvalue weighted by atomic mass is 16.5. The van der Waals surface area contributed by atoms with E-state index in [2.05, 4.69) is 0 Å². The highest BCUT2D eigenvalue weighted by molar-refractivity contribution is 6.46. The van der Waals surface area contributed by atoms with Gasteiger partial charge in [0.25, 0.3) is 11.7 Å². The first-order valence-electron chi connectivity index (χ1n) is 11.3. The number of aliphatic hydroxyl groups is 1. The average Bonchev–Trinajstić information content (AvgIpc) is 3.38. The van der Waals surface area contributed by atoms with Crippen molar-refractivity contribution in [2.24, 2.45) is 0 Å². The van der Waals surface area contributed by atoms with E-state index >= 15 is 0 Å². The van der Waals surface area contributed by atoms with E-state index in [9.17, 15) is 14.7 Å². The van der Waals surface area contributed by atoms with Gasteiger partial charge in [-0.25, -0.2) is 0 Å². The van der Waals surface area contributed by atoms with Crippen LogP contribution < -0.4 is 9.47 Å². The standard InChI is InChI=1S/C26H29NO5/c1-3-5-12-27-23(18-7-6-8-20(16-18)31-13-4-2)22(25(29)26(27)30)24(28)19-9-10-21-17(15-19)11-14-32-21/h6-10,15-16,23,28H,3-5,11-14H2,1-2H3/b24-22-. The third-order valence-corrected chi connectivity index (χ3v) is 5.90. The molecule has 2 aromatic rings. The number of unbranched alkanes of at least 4 members (excludes halogenated alkanes) is 1. The zero-order chi connectivity index (χ0) is 22.7. The molecule has 0 spiro atoms. The number of ether oxygens (including phenoxy) is 2. The lowest BCUT2D eigenvalue weighted by Gasteiger charge is -2.25. The molecule has 6 heteroatoms. The van der Waals surface area contributed by atoms with Gasteiger partial charge in [0.2, 0.25) is 0 Å². The topological polar surface area (TPSA) is 76.1 Å². The molecule has 1 saturated heterocycles. The van der Waals surface area contributed by atoms with E-state index in [4.69, 9.17) is 9.47 Å². The van der Waals surface area contributed by atoms with Crippen molar-refractivity contribution < 1.29 is 24.2 Å². The van der Waals surface area contributed by atoms with Gasteiger partial charge in [0.15, 0.2) is 0 Å². The molecule has 1 fully saturated rings. The second-order valence-electron chi connectivity index (χ2n) is 8.19. The van der Waals surface area contributed by atoms with Crippen LogP contribution >= 0.6 is 0 Å². The van der Waals surface area contributed by atoms with E-state index in [1.54, 1.807) is 17.0 Å². The van der Waals surface area contributed by atoms with Crippen LogP contribution in [0.3, 0.4) is 0 Å². The molecule has 168 valence electrons. The predicted octanol–water partition coefficient (Wildman–Crippen LogP) is 4.63. The van der Waals surface area contributed by atoms with E-state index < -0.39 is 17.7 Å². The SMILES string of the molecule is CCCCN1C(=O)C(=O)/C(=C(\O)c2ccc3c(c2)CCO3)C1c1cccc(OCCC)c1. The first-order chi connectivity index (χ1) is 15.5. The second-order valence-corrected chi connectivity index (χ2v) is 8.19. The number of ketones is 1. The Kier molecular flexibility index (Phi) is 6.49. The molecule has 1 N–H and O–H groups in total. The first-order valence-corrected chi connectivity index (χ1v) is 11.3. The van der Waals surface area contributed by atoms with Gasteiger partial charge in [-0.3, -0.25) is 9.59 Å². The Labute approximate surface area is 188 Å². The fraction of sp³-hybridized carbons (Fsp3) is 0.385. The second kappa shape index (κ2) is 9.47. The Balaban J connectivity index is 1.80. The lowest BCUT2D eigenvalue weighted by Crippen LogP contribution is -2.30. The quantitative estimate of drug-likeness (QED) is 0.372. The lowest BCUT2D eigenvalue weighted by atomic mass is 9.94. The summed E-state index contributed by atoms with van der Waals surface area (Å²) in [5.74, 6) is 0.0962. The molecule has 1 amide bonds. The number of fused-ring (bicyclic) bond motifs is 1. The summed E-state index contributed by atoms with van der Waals surface area (Å²) in [6, 6.07) is 12.2. The zero-order valence-corrected chi connectivity index (χ0v) is 18.6. The van der Waals surface area contributed by atoms with Crippen LogP contribution in [0.15, 0.2) is 48.0 Å². The molecule has 0 bridgehead atoms. The minimum absolute atomic E-state index is 0.123. The monoisotopic (exact) mass is 435 g/mol. The van der Waals surface area contributed by atoms with Gasteiger partial charge in [0.05, 0.1) is 24.8 Å². The third-order valence-electron chi connectivity index (χ3n) is 5.90. The normalized spacial score (nSPS) is 19.2. The highest BCUT2D eigenvalue weighted by Crippen LogP contribution is 2.41. The van der Waals surface area contributed by atoms with Gasteiger partial charge in [-0.05, 0) is 54.3 Å². The number of likely N-dealkylation sites (tertiary alicyclic amines) is 1. The maximum absolute atomic E-state index is 13.1. The number of hydrogen-bond donors (Lipinski definition) is 1. The Morgan fingerprint density at radius 3 is 2.78 bits per heavy atom. The van der Waals surface area contributed by atoms with Crippen LogP contribution in [0.2, 0.25) is 0 Å². The summed E-state index contributed by atoms with van der Waals surface area (Å²) in [6.45, 7) is 5.70. The van der Waals surface area contributed by atoms with Crippen molar-refractivity contribution in [3.63, 3.8) is 0 Å². The molecule has 0 aliphatic carbocycles. The predicted molar refractivity (Wildman–Crippen MR) is 122 cm³/mol. The van der Waals surface area contributed by atoms with Gasteiger partial charge in [-0.1, -0.05) is 32.4 Å². The van der Waals surface area contributed by atoms with Crippen LogP contribution in [0.5, 0.6) is 11.5 Å². The maximum atomic E-state index is 13.1. The van der Waals surface area contributed by atoms with Gasteiger partial charge < -0.3 is 19.5 Å². The summed E-state index contributed by atoms with van der Waals surface area (Å²) in [4.78, 5) is 27.6. The lowest BCUT2D eigenvalue weighted by molar-refractivity contribution is -0.139. The number of benzene rings is 2. The molecule has 0 radical (unpaired) electrons. The molecule has 2 aliphatic heterocycles. The van der Waals surface area contributed by atoms with Crippen molar-refractivity contribution >= 4 is 17.4 Å². The number of carbonyl (C=O) groups is 2. The van der Waals surface area contributed by atoms with E-state index in [0.717, 1.165) is 42.6 Å². The van der Waals surface area contributed by atoms with Crippen LogP contribution in [0.25, 0.3) is 5.76 Å². The van der Waals surface area contributed by atoms with Crippen molar-refractivity contribution in [1.82, 2.24) is 4.90 Å². The molecule has 1 atom stereocenters. The van der Waals surface area contributed by atoms with Crippen LogP contribution in [-0.2, 0) is 16.0 Å². The molecule has 4 rings (SSSR count). The molecule has 2 aromatic carbocycles. The maximum Gasteiger partial charge on any atom is 0.295 e. The van der Waals surface area contributed by atoms with Gasteiger partial charge >= 0.3 is 0 Å². The first kappa shape index (κ1) is 21.9. The Morgan fingerprint density at radius 1 is 1.16 bits per heavy atom.